The van der Waals surface area contributed by atoms with Crippen LogP contribution in [0.5, 0.6) is 0 Å². The molecule has 0 saturated carbocycles. The second-order valence-corrected chi connectivity index (χ2v) is 5.48. The van der Waals surface area contributed by atoms with E-state index in [9.17, 15) is 14.3 Å². The summed E-state index contributed by atoms with van der Waals surface area (Å²) >= 11 is 0. The van der Waals surface area contributed by atoms with Crippen LogP contribution in [0.4, 0.5) is 10.1 Å². The number of aliphatic hydroxyl groups excluding tert-OH is 1. The minimum atomic E-state index is -0.705. The first kappa shape index (κ1) is 14.8. The SMILES string of the molecule is C[C@H](O)c1cc(F)ccc1N1CCC(CC(N)=O)CC1. The van der Waals surface area contributed by atoms with Crippen LogP contribution >= 0.6 is 0 Å². The van der Waals surface area contributed by atoms with Crippen LogP contribution in [-0.2, 0) is 4.79 Å². The number of piperidine rings is 1. The Kier molecular flexibility index (Phi) is 4.60. The lowest BCUT2D eigenvalue weighted by Crippen LogP contribution is -2.35. The summed E-state index contributed by atoms with van der Waals surface area (Å²) in [4.78, 5) is 13.1. The molecule has 1 atom stereocenters. The van der Waals surface area contributed by atoms with Gasteiger partial charge in [0.1, 0.15) is 5.82 Å². The maximum Gasteiger partial charge on any atom is 0.217 e. The normalized spacial score (nSPS) is 18.1. The van der Waals surface area contributed by atoms with Crippen molar-refractivity contribution in [2.75, 3.05) is 18.0 Å². The molecule has 20 heavy (non-hydrogen) atoms. The fraction of sp³-hybridized carbons (Fsp3) is 0.533. The van der Waals surface area contributed by atoms with Crippen molar-refractivity contribution >= 4 is 11.6 Å². The lowest BCUT2D eigenvalue weighted by Gasteiger charge is -2.34. The largest absolute Gasteiger partial charge is 0.389 e. The van der Waals surface area contributed by atoms with Crippen molar-refractivity contribution in [2.45, 2.75) is 32.3 Å². The quantitative estimate of drug-likeness (QED) is 0.886. The Morgan fingerprint density at radius 1 is 1.50 bits per heavy atom. The molecule has 0 radical (unpaired) electrons. The third-order valence-electron chi connectivity index (χ3n) is 3.88. The van der Waals surface area contributed by atoms with E-state index in [-0.39, 0.29) is 11.7 Å². The fourth-order valence-corrected chi connectivity index (χ4v) is 2.81. The van der Waals surface area contributed by atoms with Gasteiger partial charge in [0.05, 0.1) is 6.10 Å². The molecule has 1 heterocycles. The number of nitrogens with two attached hydrogens (primary N) is 1. The lowest BCUT2D eigenvalue weighted by molar-refractivity contribution is -0.119. The average Bonchev–Trinajstić information content (AvgIpc) is 2.39. The van der Waals surface area contributed by atoms with Crippen LogP contribution in [0.2, 0.25) is 0 Å². The van der Waals surface area contributed by atoms with Gasteiger partial charge in [-0.15, -0.1) is 0 Å². The molecule has 0 unspecified atom stereocenters. The van der Waals surface area contributed by atoms with Gasteiger partial charge in [0.15, 0.2) is 0 Å². The molecule has 1 amide bonds. The van der Waals surface area contributed by atoms with E-state index in [4.69, 9.17) is 5.73 Å². The van der Waals surface area contributed by atoms with Crippen LogP contribution in [0.25, 0.3) is 0 Å². The van der Waals surface area contributed by atoms with Gasteiger partial charge in [-0.3, -0.25) is 4.79 Å². The molecule has 1 fully saturated rings. The Bertz CT molecular complexity index is 483. The first-order valence-electron chi connectivity index (χ1n) is 6.98. The molecular formula is C15H21FN2O2. The van der Waals surface area contributed by atoms with Crippen LogP contribution < -0.4 is 10.6 Å². The van der Waals surface area contributed by atoms with E-state index in [0.29, 0.717) is 17.9 Å². The van der Waals surface area contributed by atoms with Gasteiger partial charge in [0, 0.05) is 30.8 Å². The van der Waals surface area contributed by atoms with Gasteiger partial charge in [-0.1, -0.05) is 0 Å². The summed E-state index contributed by atoms with van der Waals surface area (Å²) in [7, 11) is 0. The first-order chi connectivity index (χ1) is 9.47. The number of aliphatic hydroxyl groups is 1. The summed E-state index contributed by atoms with van der Waals surface area (Å²) in [5.41, 5.74) is 6.71. The zero-order valence-corrected chi connectivity index (χ0v) is 11.7. The topological polar surface area (TPSA) is 66.6 Å². The number of amides is 1. The van der Waals surface area contributed by atoms with E-state index in [1.807, 2.05) is 0 Å². The Labute approximate surface area is 118 Å². The molecule has 3 N–H and O–H groups in total. The van der Waals surface area contributed by atoms with E-state index in [0.717, 1.165) is 31.6 Å². The maximum atomic E-state index is 13.3. The number of halogens is 1. The highest BCUT2D eigenvalue weighted by Gasteiger charge is 2.23. The van der Waals surface area contributed by atoms with Crippen molar-refractivity contribution in [2.24, 2.45) is 11.7 Å². The summed E-state index contributed by atoms with van der Waals surface area (Å²) in [6, 6.07) is 4.51. The second kappa shape index (κ2) is 6.22. The minimum absolute atomic E-state index is 0.255. The monoisotopic (exact) mass is 280 g/mol. The van der Waals surface area contributed by atoms with Gasteiger partial charge in [0.25, 0.3) is 0 Å². The smallest absolute Gasteiger partial charge is 0.217 e. The molecule has 0 aromatic heterocycles. The molecule has 5 heteroatoms. The Morgan fingerprint density at radius 2 is 2.15 bits per heavy atom. The first-order valence-corrected chi connectivity index (χ1v) is 6.98. The van der Waals surface area contributed by atoms with Crippen LogP contribution in [0.1, 0.15) is 37.9 Å². The van der Waals surface area contributed by atoms with Crippen LogP contribution in [0.15, 0.2) is 18.2 Å². The summed E-state index contributed by atoms with van der Waals surface area (Å²) < 4.78 is 13.3. The molecule has 1 aromatic rings. The molecular weight excluding hydrogens is 259 g/mol. The third kappa shape index (κ3) is 3.48. The van der Waals surface area contributed by atoms with Crippen LogP contribution in [-0.4, -0.2) is 24.1 Å². The van der Waals surface area contributed by atoms with Gasteiger partial charge in [-0.2, -0.15) is 0 Å². The molecule has 2 rings (SSSR count). The molecule has 1 aromatic carbocycles. The van der Waals surface area contributed by atoms with E-state index >= 15 is 0 Å². The van der Waals surface area contributed by atoms with Gasteiger partial charge >= 0.3 is 0 Å². The van der Waals surface area contributed by atoms with Crippen molar-refractivity contribution in [3.05, 3.63) is 29.6 Å². The average molecular weight is 280 g/mol. The molecule has 4 nitrogen and oxygen atoms in total. The van der Waals surface area contributed by atoms with Gasteiger partial charge < -0.3 is 15.7 Å². The third-order valence-corrected chi connectivity index (χ3v) is 3.88. The van der Waals surface area contributed by atoms with Crippen molar-refractivity contribution in [1.29, 1.82) is 0 Å². The maximum absolute atomic E-state index is 13.3. The van der Waals surface area contributed by atoms with Crippen molar-refractivity contribution < 1.29 is 14.3 Å². The van der Waals surface area contributed by atoms with Crippen LogP contribution in [0, 0.1) is 11.7 Å². The van der Waals surface area contributed by atoms with E-state index in [1.165, 1.54) is 12.1 Å². The molecule has 0 spiro atoms. The zero-order chi connectivity index (χ0) is 14.7. The molecule has 1 aliphatic heterocycles. The molecule has 1 aliphatic rings. The Hall–Kier alpha value is -1.62. The van der Waals surface area contributed by atoms with E-state index < -0.39 is 6.10 Å². The van der Waals surface area contributed by atoms with E-state index in [2.05, 4.69) is 4.90 Å². The summed E-state index contributed by atoms with van der Waals surface area (Å²) in [6.07, 6.45) is 1.50. The van der Waals surface area contributed by atoms with Crippen molar-refractivity contribution in [1.82, 2.24) is 0 Å². The number of rotatable bonds is 4. The standard InChI is InChI=1S/C15H21FN2O2/c1-10(19)13-9-12(16)2-3-14(13)18-6-4-11(5-7-18)8-15(17)20/h2-3,9-11,19H,4-8H2,1H3,(H2,17,20)/t10-/m0/s1. The number of anilines is 1. The minimum Gasteiger partial charge on any atom is -0.389 e. The van der Waals surface area contributed by atoms with E-state index in [1.54, 1.807) is 13.0 Å². The lowest BCUT2D eigenvalue weighted by atomic mass is 9.92. The summed E-state index contributed by atoms with van der Waals surface area (Å²) in [5.74, 6) is -0.262. The highest BCUT2D eigenvalue weighted by Crippen LogP contribution is 2.31. The van der Waals surface area contributed by atoms with Crippen LogP contribution in [0.3, 0.4) is 0 Å². The summed E-state index contributed by atoms with van der Waals surface area (Å²) in [5, 5.41) is 9.78. The highest BCUT2D eigenvalue weighted by atomic mass is 19.1. The number of primary amides is 1. The Balaban J connectivity index is 2.09. The van der Waals surface area contributed by atoms with Crippen molar-refractivity contribution in [3.63, 3.8) is 0 Å². The molecule has 110 valence electrons. The molecule has 1 saturated heterocycles. The summed E-state index contributed by atoms with van der Waals surface area (Å²) in [6.45, 7) is 3.23. The van der Waals surface area contributed by atoms with Crippen molar-refractivity contribution in [3.8, 4) is 0 Å². The van der Waals surface area contributed by atoms with Gasteiger partial charge in [-0.25, -0.2) is 4.39 Å². The number of carbonyl (C=O) groups is 1. The fourth-order valence-electron chi connectivity index (χ4n) is 2.81. The molecule has 0 aliphatic carbocycles. The number of carbonyl (C=O) groups excluding carboxylic acids is 1. The number of hydrogen-bond donors (Lipinski definition) is 2. The van der Waals surface area contributed by atoms with Gasteiger partial charge in [-0.05, 0) is 43.9 Å². The highest BCUT2D eigenvalue weighted by molar-refractivity contribution is 5.74. The number of benzene rings is 1. The second-order valence-electron chi connectivity index (χ2n) is 5.48. The molecule has 0 bridgehead atoms. The Morgan fingerprint density at radius 3 is 2.70 bits per heavy atom. The predicted molar refractivity (Wildman–Crippen MR) is 75.8 cm³/mol. The number of hydrogen-bond acceptors (Lipinski definition) is 3. The zero-order valence-electron chi connectivity index (χ0n) is 11.7. The van der Waals surface area contributed by atoms with Gasteiger partial charge in [0.2, 0.25) is 5.91 Å². The number of nitrogens with zero attached hydrogens (tertiary/aromatic N) is 1. The predicted octanol–water partition coefficient (Wildman–Crippen LogP) is 1.97.